The fourth-order valence-electron chi connectivity index (χ4n) is 2.45. The number of piperazine rings is 1. The molecule has 1 atom stereocenters. The fourth-order valence-corrected chi connectivity index (χ4v) is 2.45. The Bertz CT molecular complexity index is 529. The van der Waals surface area contributed by atoms with Crippen molar-refractivity contribution < 1.29 is 14.0 Å². The Hall–Kier alpha value is -2.15. The van der Waals surface area contributed by atoms with Crippen molar-refractivity contribution in [1.29, 1.82) is 0 Å². The summed E-state index contributed by atoms with van der Waals surface area (Å²) < 4.78 is 13.7. The molecule has 6 nitrogen and oxygen atoms in total. The molecule has 0 saturated carbocycles. The Labute approximate surface area is 122 Å². The number of benzene rings is 1. The molecule has 1 fully saturated rings. The van der Waals surface area contributed by atoms with Gasteiger partial charge in [0.2, 0.25) is 5.91 Å². The number of primary amides is 1. The Kier molecular flexibility index (Phi) is 4.74. The minimum Gasteiger partial charge on any atom is -0.367 e. The van der Waals surface area contributed by atoms with Crippen molar-refractivity contribution in [1.82, 2.24) is 10.2 Å². The van der Waals surface area contributed by atoms with Crippen LogP contribution in [0.3, 0.4) is 0 Å². The van der Waals surface area contributed by atoms with Gasteiger partial charge in [0, 0.05) is 26.2 Å². The van der Waals surface area contributed by atoms with Crippen LogP contribution in [-0.2, 0) is 4.79 Å². The predicted molar refractivity (Wildman–Crippen MR) is 77.4 cm³/mol. The third kappa shape index (κ3) is 3.69. The number of nitrogens with two attached hydrogens (primary N) is 1. The Morgan fingerprint density at radius 1 is 1.24 bits per heavy atom. The van der Waals surface area contributed by atoms with Gasteiger partial charge in [-0.1, -0.05) is 12.1 Å². The molecule has 1 aromatic carbocycles. The van der Waals surface area contributed by atoms with Crippen LogP contribution in [0.1, 0.15) is 6.92 Å². The summed E-state index contributed by atoms with van der Waals surface area (Å²) in [7, 11) is 0. The Balaban J connectivity index is 1.93. The first-order valence-electron chi connectivity index (χ1n) is 6.83. The topological polar surface area (TPSA) is 78.7 Å². The number of hydrogen-bond donors (Lipinski definition) is 2. The van der Waals surface area contributed by atoms with E-state index in [0.717, 1.165) is 0 Å². The van der Waals surface area contributed by atoms with Gasteiger partial charge in [-0.15, -0.1) is 0 Å². The van der Waals surface area contributed by atoms with E-state index in [1.54, 1.807) is 25.1 Å². The second-order valence-corrected chi connectivity index (χ2v) is 5.00. The molecule has 114 valence electrons. The van der Waals surface area contributed by atoms with Crippen LogP contribution in [0.5, 0.6) is 0 Å². The number of nitrogens with zero attached hydrogens (tertiary/aromatic N) is 2. The molecule has 3 N–H and O–H groups in total. The summed E-state index contributed by atoms with van der Waals surface area (Å²) in [5.74, 6) is -0.660. The Morgan fingerprint density at radius 2 is 1.86 bits per heavy atom. The van der Waals surface area contributed by atoms with Crippen LogP contribution in [0.2, 0.25) is 0 Å². The molecule has 1 saturated heterocycles. The van der Waals surface area contributed by atoms with E-state index in [1.807, 2.05) is 9.80 Å². The molecule has 1 heterocycles. The highest BCUT2D eigenvalue weighted by Gasteiger charge is 2.26. The van der Waals surface area contributed by atoms with E-state index in [0.29, 0.717) is 31.9 Å². The van der Waals surface area contributed by atoms with E-state index >= 15 is 0 Å². The van der Waals surface area contributed by atoms with Crippen LogP contribution in [0, 0.1) is 5.82 Å². The lowest BCUT2D eigenvalue weighted by Crippen LogP contribution is -2.55. The lowest BCUT2D eigenvalue weighted by Gasteiger charge is -2.38. The van der Waals surface area contributed by atoms with Gasteiger partial charge >= 0.3 is 6.03 Å². The maximum absolute atomic E-state index is 13.7. The third-order valence-corrected chi connectivity index (χ3v) is 3.68. The molecule has 1 aliphatic rings. The highest BCUT2D eigenvalue weighted by atomic mass is 19.1. The lowest BCUT2D eigenvalue weighted by molar-refractivity contribution is -0.124. The normalized spacial score (nSPS) is 17.3. The molecule has 1 aromatic rings. The summed E-state index contributed by atoms with van der Waals surface area (Å²) in [5, 5.41) is 2.08. The van der Waals surface area contributed by atoms with E-state index in [4.69, 9.17) is 5.73 Å². The highest BCUT2D eigenvalue weighted by Crippen LogP contribution is 2.20. The van der Waals surface area contributed by atoms with Crippen molar-refractivity contribution in [2.75, 3.05) is 31.1 Å². The lowest BCUT2D eigenvalue weighted by atomic mass is 10.2. The average Bonchev–Trinajstić information content (AvgIpc) is 2.46. The largest absolute Gasteiger partial charge is 0.367 e. The van der Waals surface area contributed by atoms with Crippen molar-refractivity contribution >= 4 is 17.6 Å². The molecule has 3 amide bonds. The van der Waals surface area contributed by atoms with Gasteiger partial charge in [0.1, 0.15) is 5.82 Å². The van der Waals surface area contributed by atoms with Crippen molar-refractivity contribution in [3.05, 3.63) is 30.1 Å². The van der Waals surface area contributed by atoms with Crippen molar-refractivity contribution in [2.45, 2.75) is 13.0 Å². The maximum Gasteiger partial charge on any atom is 0.318 e. The van der Waals surface area contributed by atoms with Crippen LogP contribution in [0.25, 0.3) is 0 Å². The number of hydrogen-bond acceptors (Lipinski definition) is 4. The standard InChI is InChI=1S/C14H19FN4O2/c1-10(13(20)17-14(16)21)18-6-8-19(9-7-18)12-5-3-2-4-11(12)15/h2-5,10H,6-9H2,1H3,(H3,16,17,20,21)/t10-/m0/s1. The molecule has 0 radical (unpaired) electrons. The first kappa shape index (κ1) is 15.2. The second kappa shape index (κ2) is 6.53. The zero-order valence-corrected chi connectivity index (χ0v) is 11.9. The van der Waals surface area contributed by atoms with Crippen LogP contribution < -0.4 is 16.0 Å². The molecule has 21 heavy (non-hydrogen) atoms. The quantitative estimate of drug-likeness (QED) is 0.852. The number of halogens is 1. The van der Waals surface area contributed by atoms with Crippen molar-refractivity contribution in [2.24, 2.45) is 5.73 Å². The summed E-state index contributed by atoms with van der Waals surface area (Å²) in [6, 6.07) is 5.34. The minimum atomic E-state index is -0.850. The molecule has 2 rings (SSSR count). The van der Waals surface area contributed by atoms with Gasteiger partial charge in [-0.2, -0.15) is 0 Å². The number of urea groups is 1. The van der Waals surface area contributed by atoms with Gasteiger partial charge in [0.25, 0.3) is 0 Å². The van der Waals surface area contributed by atoms with E-state index in [9.17, 15) is 14.0 Å². The molecule has 7 heteroatoms. The number of carbonyl (C=O) groups is 2. The number of amides is 3. The fraction of sp³-hybridized carbons (Fsp3) is 0.429. The number of para-hydroxylation sites is 1. The summed E-state index contributed by atoms with van der Waals surface area (Å²) in [4.78, 5) is 26.3. The summed E-state index contributed by atoms with van der Waals surface area (Å²) >= 11 is 0. The molecule has 0 aromatic heterocycles. The summed E-state index contributed by atoms with van der Waals surface area (Å²) in [6.45, 7) is 4.19. The average molecular weight is 294 g/mol. The van der Waals surface area contributed by atoms with Gasteiger partial charge in [-0.25, -0.2) is 9.18 Å². The molecular weight excluding hydrogens is 275 g/mol. The van der Waals surface area contributed by atoms with Gasteiger partial charge in [-0.3, -0.25) is 15.0 Å². The molecule has 1 aliphatic heterocycles. The maximum atomic E-state index is 13.7. The van der Waals surface area contributed by atoms with Gasteiger partial charge < -0.3 is 10.6 Å². The van der Waals surface area contributed by atoms with Crippen LogP contribution in [0.4, 0.5) is 14.9 Å². The van der Waals surface area contributed by atoms with E-state index in [-0.39, 0.29) is 5.82 Å². The van der Waals surface area contributed by atoms with Crippen molar-refractivity contribution in [3.8, 4) is 0 Å². The van der Waals surface area contributed by atoms with Crippen LogP contribution in [-0.4, -0.2) is 49.1 Å². The third-order valence-electron chi connectivity index (χ3n) is 3.68. The SMILES string of the molecule is C[C@@H](C(=O)NC(N)=O)N1CCN(c2ccccc2F)CC1. The number of nitrogens with one attached hydrogen (secondary N) is 1. The smallest absolute Gasteiger partial charge is 0.318 e. The zero-order valence-electron chi connectivity index (χ0n) is 11.9. The second-order valence-electron chi connectivity index (χ2n) is 5.00. The zero-order chi connectivity index (χ0) is 15.4. The number of rotatable bonds is 3. The number of imide groups is 1. The van der Waals surface area contributed by atoms with Crippen LogP contribution in [0.15, 0.2) is 24.3 Å². The predicted octanol–water partition coefficient (Wildman–Crippen LogP) is 0.531. The van der Waals surface area contributed by atoms with Crippen molar-refractivity contribution in [3.63, 3.8) is 0 Å². The van der Waals surface area contributed by atoms with E-state index < -0.39 is 18.0 Å². The highest BCUT2D eigenvalue weighted by molar-refractivity contribution is 5.96. The first-order valence-corrected chi connectivity index (χ1v) is 6.83. The molecule has 0 aliphatic carbocycles. The Morgan fingerprint density at radius 3 is 2.43 bits per heavy atom. The van der Waals surface area contributed by atoms with Gasteiger partial charge in [0.15, 0.2) is 0 Å². The molecular formula is C14H19FN4O2. The summed E-state index contributed by atoms with van der Waals surface area (Å²) in [6.07, 6.45) is 0. The molecule has 0 unspecified atom stereocenters. The van der Waals surface area contributed by atoms with E-state index in [2.05, 4.69) is 5.32 Å². The van der Waals surface area contributed by atoms with Crippen LogP contribution >= 0.6 is 0 Å². The van der Waals surface area contributed by atoms with Gasteiger partial charge in [-0.05, 0) is 19.1 Å². The number of anilines is 1. The monoisotopic (exact) mass is 294 g/mol. The summed E-state index contributed by atoms with van der Waals surface area (Å²) in [5.41, 5.74) is 5.51. The number of carbonyl (C=O) groups excluding carboxylic acids is 2. The molecule has 0 spiro atoms. The van der Waals surface area contributed by atoms with E-state index in [1.165, 1.54) is 6.07 Å². The molecule has 0 bridgehead atoms. The minimum absolute atomic E-state index is 0.245. The van der Waals surface area contributed by atoms with Gasteiger partial charge in [0.05, 0.1) is 11.7 Å². The first-order chi connectivity index (χ1) is 9.99.